The quantitative estimate of drug-likeness (QED) is 0.874. The first-order valence-electron chi connectivity index (χ1n) is 5.00. The lowest BCUT2D eigenvalue weighted by atomic mass is 10.4. The van der Waals surface area contributed by atoms with Crippen molar-refractivity contribution in [2.75, 3.05) is 4.72 Å². The molecule has 0 aliphatic heterocycles. The van der Waals surface area contributed by atoms with E-state index in [-0.39, 0.29) is 4.90 Å². The topological polar surface area (TPSA) is 88.0 Å². The largest absolute Gasteiger partial charge is 0.465 e. The van der Waals surface area contributed by atoms with Gasteiger partial charge in [0, 0.05) is 6.07 Å². The minimum absolute atomic E-state index is 0.149. The number of H-pyrrole nitrogens is 1. The van der Waals surface area contributed by atoms with Gasteiger partial charge in [0.15, 0.2) is 0 Å². The summed E-state index contributed by atoms with van der Waals surface area (Å²) in [5, 5.41) is 6.41. The molecule has 17 heavy (non-hydrogen) atoms. The van der Waals surface area contributed by atoms with E-state index < -0.39 is 10.0 Å². The zero-order chi connectivity index (χ0) is 12.6. The van der Waals surface area contributed by atoms with Crippen molar-refractivity contribution in [3.05, 3.63) is 29.5 Å². The van der Waals surface area contributed by atoms with Gasteiger partial charge >= 0.3 is 0 Å². The molecule has 0 radical (unpaired) electrons. The number of rotatable bonds is 3. The van der Waals surface area contributed by atoms with Crippen molar-refractivity contribution in [2.24, 2.45) is 0 Å². The predicted octanol–water partition coefficient (Wildman–Crippen LogP) is 1.73. The van der Waals surface area contributed by atoms with Crippen molar-refractivity contribution in [2.45, 2.75) is 25.7 Å². The van der Waals surface area contributed by atoms with E-state index in [9.17, 15) is 8.42 Å². The number of aryl methyl sites for hydroxylation is 3. The average Bonchev–Trinajstić information content (AvgIpc) is 2.74. The van der Waals surface area contributed by atoms with Crippen LogP contribution in [0.2, 0.25) is 0 Å². The molecule has 0 saturated heterocycles. The van der Waals surface area contributed by atoms with Crippen LogP contribution in [0.5, 0.6) is 0 Å². The zero-order valence-corrected chi connectivity index (χ0v) is 10.6. The summed E-state index contributed by atoms with van der Waals surface area (Å²) >= 11 is 0. The third-order valence-electron chi connectivity index (χ3n) is 2.36. The maximum atomic E-state index is 12.1. The SMILES string of the molecule is Cc1cc(S(=O)(=O)Nc2cn[nH]c2C)c(C)o1. The van der Waals surface area contributed by atoms with E-state index in [0.717, 1.165) is 0 Å². The fraction of sp³-hybridized carbons (Fsp3) is 0.300. The number of furan rings is 1. The van der Waals surface area contributed by atoms with Crippen molar-refractivity contribution < 1.29 is 12.8 Å². The van der Waals surface area contributed by atoms with Crippen molar-refractivity contribution in [1.82, 2.24) is 10.2 Å². The molecule has 2 N–H and O–H groups in total. The van der Waals surface area contributed by atoms with Crippen LogP contribution in [0, 0.1) is 20.8 Å². The molecule has 6 nitrogen and oxygen atoms in total. The van der Waals surface area contributed by atoms with Gasteiger partial charge < -0.3 is 4.42 Å². The molecule has 0 fully saturated rings. The summed E-state index contributed by atoms with van der Waals surface area (Å²) in [5.74, 6) is 0.933. The molecule has 7 heteroatoms. The summed E-state index contributed by atoms with van der Waals surface area (Å²) in [6.45, 7) is 5.05. The van der Waals surface area contributed by atoms with Crippen LogP contribution in [0.25, 0.3) is 0 Å². The summed E-state index contributed by atoms with van der Waals surface area (Å²) < 4.78 is 31.8. The van der Waals surface area contributed by atoms with E-state index >= 15 is 0 Å². The lowest BCUT2D eigenvalue weighted by molar-refractivity contribution is 0.496. The van der Waals surface area contributed by atoms with Gasteiger partial charge in [-0.25, -0.2) is 8.42 Å². The van der Waals surface area contributed by atoms with Crippen molar-refractivity contribution in [1.29, 1.82) is 0 Å². The Hall–Kier alpha value is -1.76. The highest BCUT2D eigenvalue weighted by Gasteiger charge is 2.21. The number of aromatic nitrogens is 2. The molecule has 2 aromatic heterocycles. The first-order chi connectivity index (χ1) is 7.90. The number of nitrogens with one attached hydrogen (secondary N) is 2. The van der Waals surface area contributed by atoms with Gasteiger partial charge in [0.25, 0.3) is 10.0 Å². The van der Waals surface area contributed by atoms with Crippen LogP contribution in [0.15, 0.2) is 21.6 Å². The Morgan fingerprint density at radius 2 is 2.06 bits per heavy atom. The Balaban J connectivity index is 2.38. The van der Waals surface area contributed by atoms with Gasteiger partial charge in [0.2, 0.25) is 0 Å². The molecule has 0 amide bonds. The molecule has 0 atom stereocenters. The number of hydrogen-bond donors (Lipinski definition) is 2. The predicted molar refractivity (Wildman–Crippen MR) is 62.3 cm³/mol. The van der Waals surface area contributed by atoms with Gasteiger partial charge in [0.1, 0.15) is 16.4 Å². The standard InChI is InChI=1S/C10H13N3O3S/c1-6-4-10(8(3)16-6)17(14,15)13-9-5-11-12-7(9)2/h4-5,13H,1-3H3,(H,11,12). The molecule has 0 saturated carbocycles. The van der Waals surface area contributed by atoms with Crippen LogP contribution in [-0.4, -0.2) is 18.6 Å². The molecule has 0 aliphatic carbocycles. The van der Waals surface area contributed by atoms with E-state index in [2.05, 4.69) is 14.9 Å². The van der Waals surface area contributed by atoms with E-state index in [4.69, 9.17) is 4.42 Å². The van der Waals surface area contributed by atoms with Crippen LogP contribution in [0.4, 0.5) is 5.69 Å². The molecule has 0 spiro atoms. The molecule has 92 valence electrons. The van der Waals surface area contributed by atoms with Crippen molar-refractivity contribution in [3.8, 4) is 0 Å². The lowest BCUT2D eigenvalue weighted by Crippen LogP contribution is -2.13. The maximum Gasteiger partial charge on any atom is 0.265 e. The second-order valence-electron chi connectivity index (χ2n) is 3.79. The Bertz CT molecular complexity index is 640. The van der Waals surface area contributed by atoms with Crippen LogP contribution >= 0.6 is 0 Å². The Labute approximate surface area is 99.1 Å². The minimum atomic E-state index is -3.62. The lowest BCUT2D eigenvalue weighted by Gasteiger charge is -2.05. The summed E-state index contributed by atoms with van der Waals surface area (Å²) in [6, 6.07) is 1.49. The van der Waals surface area contributed by atoms with Gasteiger partial charge in [-0.2, -0.15) is 5.10 Å². The Morgan fingerprint density at radius 3 is 2.53 bits per heavy atom. The van der Waals surface area contributed by atoms with E-state index in [0.29, 0.717) is 22.9 Å². The van der Waals surface area contributed by atoms with Crippen molar-refractivity contribution >= 4 is 15.7 Å². The van der Waals surface area contributed by atoms with Gasteiger partial charge in [-0.05, 0) is 20.8 Å². The molecule has 2 aromatic rings. The third kappa shape index (κ3) is 2.19. The molecular formula is C10H13N3O3S. The van der Waals surface area contributed by atoms with Crippen LogP contribution in [-0.2, 0) is 10.0 Å². The zero-order valence-electron chi connectivity index (χ0n) is 9.73. The molecule has 2 rings (SSSR count). The highest BCUT2D eigenvalue weighted by atomic mass is 32.2. The van der Waals surface area contributed by atoms with Gasteiger partial charge in [-0.15, -0.1) is 0 Å². The molecule has 0 unspecified atom stereocenters. The molecule has 0 aromatic carbocycles. The first-order valence-corrected chi connectivity index (χ1v) is 6.48. The first kappa shape index (κ1) is 11.7. The summed E-state index contributed by atoms with van der Waals surface area (Å²) in [5.41, 5.74) is 1.09. The minimum Gasteiger partial charge on any atom is -0.465 e. The van der Waals surface area contributed by atoms with Crippen LogP contribution < -0.4 is 4.72 Å². The highest BCUT2D eigenvalue weighted by Crippen LogP contribution is 2.22. The fourth-order valence-corrected chi connectivity index (χ4v) is 2.87. The number of hydrogen-bond acceptors (Lipinski definition) is 4. The average molecular weight is 255 g/mol. The van der Waals surface area contributed by atoms with E-state index in [1.165, 1.54) is 12.3 Å². The summed E-state index contributed by atoms with van der Waals surface area (Å²) in [4.78, 5) is 0.149. The Morgan fingerprint density at radius 1 is 1.35 bits per heavy atom. The van der Waals surface area contributed by atoms with Gasteiger partial charge in [0.05, 0.1) is 17.6 Å². The number of anilines is 1. The highest BCUT2D eigenvalue weighted by molar-refractivity contribution is 7.92. The molecule has 0 bridgehead atoms. The third-order valence-corrected chi connectivity index (χ3v) is 3.83. The summed E-state index contributed by atoms with van der Waals surface area (Å²) in [7, 11) is -3.62. The molecule has 0 aliphatic rings. The van der Waals surface area contributed by atoms with Crippen LogP contribution in [0.1, 0.15) is 17.2 Å². The van der Waals surface area contributed by atoms with E-state index in [1.807, 2.05) is 0 Å². The number of sulfonamides is 1. The number of nitrogens with zero attached hydrogens (tertiary/aromatic N) is 1. The van der Waals surface area contributed by atoms with Gasteiger partial charge in [-0.3, -0.25) is 9.82 Å². The monoisotopic (exact) mass is 255 g/mol. The Kier molecular flexibility index (Phi) is 2.70. The van der Waals surface area contributed by atoms with E-state index in [1.54, 1.807) is 20.8 Å². The number of aromatic amines is 1. The molecule has 2 heterocycles. The van der Waals surface area contributed by atoms with Crippen LogP contribution in [0.3, 0.4) is 0 Å². The normalized spacial score (nSPS) is 11.7. The fourth-order valence-electron chi connectivity index (χ4n) is 1.53. The van der Waals surface area contributed by atoms with Gasteiger partial charge in [-0.1, -0.05) is 0 Å². The second-order valence-corrected chi connectivity index (χ2v) is 5.44. The van der Waals surface area contributed by atoms with Crippen molar-refractivity contribution in [3.63, 3.8) is 0 Å². The smallest absolute Gasteiger partial charge is 0.265 e. The maximum absolute atomic E-state index is 12.1. The second kappa shape index (κ2) is 3.92. The molecular weight excluding hydrogens is 242 g/mol. The summed E-state index contributed by atoms with van der Waals surface area (Å²) in [6.07, 6.45) is 1.43.